The third-order valence-electron chi connectivity index (χ3n) is 5.57. The van der Waals surface area contributed by atoms with Gasteiger partial charge in [0, 0.05) is 39.4 Å². The Morgan fingerprint density at radius 3 is 2.03 bits per heavy atom. The summed E-state index contributed by atoms with van der Waals surface area (Å²) in [6, 6.07) is -0.451. The van der Waals surface area contributed by atoms with Crippen molar-refractivity contribution in [1.29, 1.82) is 0 Å². The van der Waals surface area contributed by atoms with Gasteiger partial charge >= 0.3 is 32.2 Å². The molecule has 3 radical (unpaired) electrons. The van der Waals surface area contributed by atoms with Gasteiger partial charge in [0.25, 0.3) is 0 Å². The van der Waals surface area contributed by atoms with Crippen LogP contribution in [0.4, 0.5) is 0 Å². The van der Waals surface area contributed by atoms with Crippen LogP contribution in [0.25, 0.3) is 0 Å². The van der Waals surface area contributed by atoms with Crippen LogP contribution in [0.3, 0.4) is 0 Å². The van der Waals surface area contributed by atoms with Gasteiger partial charge in [-0.2, -0.15) is 12.2 Å². The van der Waals surface area contributed by atoms with E-state index in [0.717, 1.165) is 44.9 Å². The minimum atomic E-state index is -0.784. The van der Waals surface area contributed by atoms with Crippen molar-refractivity contribution >= 4 is 56.5 Å². The third kappa shape index (κ3) is 16.3. The average Bonchev–Trinajstić information content (AvgIpc) is 3.51. The van der Waals surface area contributed by atoms with E-state index in [-0.39, 0.29) is 70.8 Å². The number of rotatable bonds is 7. The Kier molecular flexibility index (Phi) is 27.1. The molecule has 2 aliphatic carbocycles. The van der Waals surface area contributed by atoms with Gasteiger partial charge in [0.05, 0.1) is 0 Å². The Labute approximate surface area is 257 Å². The maximum atomic E-state index is 10.7. The zero-order chi connectivity index (χ0) is 22.3. The molecule has 9 heteroatoms. The number of allylic oxidation sites excluding steroid dienone is 8. The number of carboxylic acids is 1. The molecule has 35 heavy (non-hydrogen) atoms. The van der Waals surface area contributed by atoms with Crippen molar-refractivity contribution in [3.05, 3.63) is 47.6 Å². The van der Waals surface area contributed by atoms with Gasteiger partial charge in [-0.3, -0.25) is 17.1 Å². The number of fused-ring (bicyclic) bond motifs is 1. The van der Waals surface area contributed by atoms with E-state index in [9.17, 15) is 4.79 Å². The van der Waals surface area contributed by atoms with Crippen LogP contribution in [0.15, 0.2) is 40.4 Å². The van der Waals surface area contributed by atoms with Crippen molar-refractivity contribution in [3.8, 4) is 0 Å². The van der Waals surface area contributed by atoms with Gasteiger partial charge in [-0.25, -0.2) is 28.1 Å². The number of aliphatic imine (C=N–C) groups is 1. The predicted octanol–water partition coefficient (Wildman–Crippen LogP) is 5.69. The Balaban J connectivity index is -0.000000425. The molecule has 0 spiro atoms. The molecule has 5 nitrogen and oxygen atoms in total. The van der Waals surface area contributed by atoms with Crippen molar-refractivity contribution in [3.63, 3.8) is 0 Å². The van der Waals surface area contributed by atoms with Gasteiger partial charge < -0.3 is 15.3 Å². The second-order valence-corrected chi connectivity index (χ2v) is 8.19. The molecule has 2 N–H and O–H groups in total. The number of nitrogens with one attached hydrogen (secondary N) is 1. The molecule has 4 rings (SSSR count). The first-order valence-electron chi connectivity index (χ1n) is 11.9. The van der Waals surface area contributed by atoms with Gasteiger partial charge in [0.15, 0.2) is 5.96 Å². The minimum Gasteiger partial charge on any atom is -0.480 e. The van der Waals surface area contributed by atoms with E-state index in [1.54, 1.807) is 0 Å². The van der Waals surface area contributed by atoms with Gasteiger partial charge in [0.2, 0.25) is 0 Å². The molecule has 0 aromatic heterocycles. The van der Waals surface area contributed by atoms with Gasteiger partial charge in [-0.15, -0.1) is 37.7 Å². The molecule has 2 aliphatic heterocycles. The summed E-state index contributed by atoms with van der Waals surface area (Å²) in [6.45, 7) is 7.06. The molecule has 1 fully saturated rings. The number of guanidine groups is 1. The summed E-state index contributed by atoms with van der Waals surface area (Å²) >= 11 is 0. The molecule has 0 amide bonds. The molecule has 1 atom stereocenters. The van der Waals surface area contributed by atoms with Crippen LogP contribution >= 0.6 is 24.8 Å². The zero-order valence-electron chi connectivity index (χ0n) is 21.2. The molecular weight excluding hydrogens is 618 g/mol. The van der Waals surface area contributed by atoms with Crippen LogP contribution in [0.1, 0.15) is 78.1 Å². The second-order valence-electron chi connectivity index (χ2n) is 8.19. The van der Waals surface area contributed by atoms with Crippen LogP contribution < -0.4 is 5.32 Å². The number of carbonyl (C=O) groups is 1. The molecule has 1 saturated heterocycles. The Morgan fingerprint density at radius 1 is 1.06 bits per heavy atom. The first-order chi connectivity index (χ1) is 15.1. The molecule has 0 aromatic rings. The van der Waals surface area contributed by atoms with Gasteiger partial charge in [-0.1, -0.05) is 52.4 Å². The molecule has 0 saturated carbocycles. The number of carboxylic acid groups (broad SMARTS) is 1. The van der Waals surface area contributed by atoms with E-state index in [2.05, 4.69) is 65.5 Å². The van der Waals surface area contributed by atoms with E-state index in [1.807, 2.05) is 0 Å². The van der Waals surface area contributed by atoms with Crippen LogP contribution in [0.2, 0.25) is 0 Å². The van der Waals surface area contributed by atoms with E-state index in [0.29, 0.717) is 6.42 Å². The SMILES string of the molecule is CCCCC1=[C-]CC=C1.CCCCC1=[C-]CC=C1.Cl.Cl.O=C(O)C1CCN2CCCN=C2N1.[Ga].[Zr+2]. The molecule has 1 unspecified atom stereocenters. The number of hydrogen-bond acceptors (Lipinski definition) is 4. The summed E-state index contributed by atoms with van der Waals surface area (Å²) in [7, 11) is 0. The number of unbranched alkanes of at least 4 members (excludes halogenated alkanes) is 2. The largest absolute Gasteiger partial charge is 2.00 e. The first-order valence-corrected chi connectivity index (χ1v) is 11.9. The Morgan fingerprint density at radius 2 is 1.60 bits per heavy atom. The molecule has 2 heterocycles. The van der Waals surface area contributed by atoms with Gasteiger partial charge in [-0.05, 0) is 12.8 Å². The molecule has 0 bridgehead atoms. The van der Waals surface area contributed by atoms with Crippen LogP contribution in [0.5, 0.6) is 0 Å². The monoisotopic (exact) mass is 656 g/mol. The fourth-order valence-corrected chi connectivity index (χ4v) is 3.68. The predicted molar refractivity (Wildman–Crippen MR) is 148 cm³/mol. The molecule has 0 aromatic carbocycles. The maximum absolute atomic E-state index is 10.7. The van der Waals surface area contributed by atoms with Crippen molar-refractivity contribution in [1.82, 2.24) is 10.2 Å². The van der Waals surface area contributed by atoms with Crippen LogP contribution in [0, 0.1) is 12.2 Å². The van der Waals surface area contributed by atoms with Crippen molar-refractivity contribution in [2.75, 3.05) is 19.6 Å². The summed E-state index contributed by atoms with van der Waals surface area (Å²) in [4.78, 5) is 17.1. The summed E-state index contributed by atoms with van der Waals surface area (Å²) < 4.78 is 0. The Bertz CT molecular complexity index is 693. The summed E-state index contributed by atoms with van der Waals surface area (Å²) in [5.41, 5.74) is 2.83. The van der Waals surface area contributed by atoms with E-state index in [4.69, 9.17) is 5.11 Å². The van der Waals surface area contributed by atoms with Crippen molar-refractivity contribution in [2.24, 2.45) is 4.99 Å². The van der Waals surface area contributed by atoms with E-state index in [1.165, 1.54) is 49.7 Å². The summed E-state index contributed by atoms with van der Waals surface area (Å²) in [5.74, 6) is -0.0159. The van der Waals surface area contributed by atoms with Gasteiger partial charge in [0.1, 0.15) is 6.04 Å². The average molecular weight is 659 g/mol. The first kappa shape index (κ1) is 39.3. The van der Waals surface area contributed by atoms with E-state index < -0.39 is 12.0 Å². The number of nitrogens with zero attached hydrogens (tertiary/aromatic N) is 2. The Hall–Kier alpha value is -0.201. The van der Waals surface area contributed by atoms with Crippen LogP contribution in [-0.2, 0) is 31.0 Å². The number of hydrogen-bond donors (Lipinski definition) is 2. The smallest absolute Gasteiger partial charge is 0.480 e. The third-order valence-corrected chi connectivity index (χ3v) is 5.57. The summed E-state index contributed by atoms with van der Waals surface area (Å²) in [5, 5.41) is 11.7. The van der Waals surface area contributed by atoms with Crippen LogP contribution in [-0.4, -0.2) is 67.4 Å². The molecular formula is C26H41Cl2GaN3O2Zr. The van der Waals surface area contributed by atoms with Crippen molar-refractivity contribution in [2.45, 2.75) is 84.1 Å². The topological polar surface area (TPSA) is 64.9 Å². The van der Waals surface area contributed by atoms with Crippen molar-refractivity contribution < 1.29 is 36.1 Å². The molecule has 4 aliphatic rings. The standard InChI is InChI=1S/2C9H13.C8H13N3O2.2ClH.Ga.Zr/c2*1-2-3-6-9-7-4-5-8-9;12-7(13)6-2-5-11-4-1-3-9-8(11)10-6;;;;/h2*4,7H,2-3,5-6H2,1H3;6H,1-5H2,(H,9,10)(H,12,13);2*1H;;/q2*-1;;;;;+2. The number of aliphatic carboxylic acids is 1. The quantitative estimate of drug-likeness (QED) is 0.273. The fraction of sp³-hybridized carbons (Fsp3) is 0.615. The normalized spacial score (nSPS) is 18.5. The fourth-order valence-electron chi connectivity index (χ4n) is 3.68. The van der Waals surface area contributed by atoms with E-state index >= 15 is 0 Å². The molecule has 193 valence electrons. The number of halogens is 2. The summed E-state index contributed by atoms with van der Waals surface area (Å²) in [6.07, 6.45) is 26.8. The zero-order valence-corrected chi connectivity index (χ0v) is 27.7. The minimum absolute atomic E-state index is 0. The second kappa shape index (κ2) is 24.2. The maximum Gasteiger partial charge on any atom is 2.00 e.